The van der Waals surface area contributed by atoms with E-state index >= 15 is 0 Å². The highest BCUT2D eigenvalue weighted by atomic mass is 35.5. The van der Waals surface area contributed by atoms with E-state index in [1.165, 1.54) is 28.6 Å². The van der Waals surface area contributed by atoms with E-state index in [1.54, 1.807) is 25.1 Å². The summed E-state index contributed by atoms with van der Waals surface area (Å²) in [7, 11) is -3.76. The van der Waals surface area contributed by atoms with Crippen molar-refractivity contribution >= 4 is 33.4 Å². The molecule has 1 saturated heterocycles. The lowest BCUT2D eigenvalue weighted by Gasteiger charge is -2.26. The Bertz CT molecular complexity index is 1010. The Balaban J connectivity index is 1.73. The predicted molar refractivity (Wildman–Crippen MR) is 107 cm³/mol. The number of ether oxygens (including phenoxy) is 2. The fourth-order valence-electron chi connectivity index (χ4n) is 2.86. The number of sulfonamides is 1. The molecule has 0 aromatic heterocycles. The van der Waals surface area contributed by atoms with Crippen LogP contribution in [-0.4, -0.2) is 57.4 Å². The van der Waals surface area contributed by atoms with Crippen molar-refractivity contribution in [2.24, 2.45) is 0 Å². The van der Waals surface area contributed by atoms with Crippen LogP contribution in [-0.2, 0) is 19.5 Å². The standard InChI is InChI=1S/C20H20ClNO6S/c1-14-2-3-16(12-19(14)29(25,26)22-8-10-27-11-9-22)20(24)28-13-18(23)15-4-6-17(21)7-5-15/h2-7,12H,8-11,13H2,1H3. The number of ketones is 1. The normalized spacial score (nSPS) is 15.1. The lowest BCUT2D eigenvalue weighted by molar-refractivity contribution is 0.0474. The minimum absolute atomic E-state index is 0.0397. The number of halogens is 1. The van der Waals surface area contributed by atoms with Gasteiger partial charge in [0.25, 0.3) is 0 Å². The van der Waals surface area contributed by atoms with Crippen LogP contribution in [0, 0.1) is 6.92 Å². The van der Waals surface area contributed by atoms with Gasteiger partial charge in [-0.15, -0.1) is 0 Å². The summed E-state index contributed by atoms with van der Waals surface area (Å²) in [5, 5.41) is 0.493. The van der Waals surface area contributed by atoms with E-state index in [1.807, 2.05) is 0 Å². The van der Waals surface area contributed by atoms with E-state index in [-0.39, 0.29) is 29.3 Å². The highest BCUT2D eigenvalue weighted by molar-refractivity contribution is 7.89. The summed E-state index contributed by atoms with van der Waals surface area (Å²) in [6.07, 6.45) is 0. The summed E-state index contributed by atoms with van der Waals surface area (Å²) < 4.78 is 37.4. The van der Waals surface area contributed by atoms with Crippen molar-refractivity contribution < 1.29 is 27.5 Å². The lowest BCUT2D eigenvalue weighted by Crippen LogP contribution is -2.40. The first-order valence-electron chi connectivity index (χ1n) is 8.93. The molecule has 0 aliphatic carbocycles. The number of Topliss-reactive ketones (excluding diaryl/α,β-unsaturated/α-hetero) is 1. The van der Waals surface area contributed by atoms with Crippen LogP contribution in [0.1, 0.15) is 26.3 Å². The fraction of sp³-hybridized carbons (Fsp3) is 0.300. The molecule has 1 aliphatic rings. The van der Waals surface area contributed by atoms with E-state index in [2.05, 4.69) is 0 Å². The Morgan fingerprint density at radius 2 is 1.69 bits per heavy atom. The molecule has 7 nitrogen and oxygen atoms in total. The molecule has 0 bridgehead atoms. The minimum atomic E-state index is -3.76. The van der Waals surface area contributed by atoms with Gasteiger partial charge in [-0.3, -0.25) is 4.79 Å². The maximum absolute atomic E-state index is 12.9. The third kappa shape index (κ3) is 5.02. The summed E-state index contributed by atoms with van der Waals surface area (Å²) in [5.41, 5.74) is 0.943. The Hall–Kier alpha value is -2.26. The molecular weight excluding hydrogens is 418 g/mol. The Morgan fingerprint density at radius 1 is 1.07 bits per heavy atom. The second kappa shape index (κ2) is 9.04. The third-order valence-corrected chi connectivity index (χ3v) is 6.80. The number of carbonyl (C=O) groups excluding carboxylic acids is 2. The Morgan fingerprint density at radius 3 is 2.34 bits per heavy atom. The van der Waals surface area contributed by atoms with Crippen molar-refractivity contribution in [3.63, 3.8) is 0 Å². The van der Waals surface area contributed by atoms with Gasteiger partial charge in [0.1, 0.15) is 0 Å². The van der Waals surface area contributed by atoms with Gasteiger partial charge in [-0.25, -0.2) is 13.2 Å². The number of morpholine rings is 1. The fourth-order valence-corrected chi connectivity index (χ4v) is 4.65. The molecule has 0 saturated carbocycles. The molecule has 0 unspecified atom stereocenters. The van der Waals surface area contributed by atoms with Crippen molar-refractivity contribution in [3.8, 4) is 0 Å². The van der Waals surface area contributed by atoms with E-state index < -0.39 is 22.6 Å². The summed E-state index contributed by atoms with van der Waals surface area (Å²) in [6, 6.07) is 10.5. The maximum atomic E-state index is 12.9. The van der Waals surface area contributed by atoms with Gasteiger partial charge in [-0.2, -0.15) is 4.31 Å². The van der Waals surface area contributed by atoms with Crippen molar-refractivity contribution in [1.29, 1.82) is 0 Å². The molecule has 1 heterocycles. The van der Waals surface area contributed by atoms with Crippen LogP contribution in [0.3, 0.4) is 0 Å². The number of nitrogens with zero attached hydrogens (tertiary/aromatic N) is 1. The molecule has 3 rings (SSSR count). The van der Waals surface area contributed by atoms with Crippen LogP contribution in [0.2, 0.25) is 5.02 Å². The molecule has 0 atom stereocenters. The minimum Gasteiger partial charge on any atom is -0.454 e. The van der Waals surface area contributed by atoms with Crippen LogP contribution < -0.4 is 0 Å². The first-order chi connectivity index (χ1) is 13.8. The molecule has 2 aromatic rings. The van der Waals surface area contributed by atoms with Gasteiger partial charge in [-0.1, -0.05) is 17.7 Å². The molecule has 1 fully saturated rings. The quantitative estimate of drug-likeness (QED) is 0.510. The monoisotopic (exact) mass is 437 g/mol. The maximum Gasteiger partial charge on any atom is 0.338 e. The van der Waals surface area contributed by atoms with Crippen LogP contribution in [0.25, 0.3) is 0 Å². The lowest BCUT2D eigenvalue weighted by atomic mass is 10.1. The molecule has 29 heavy (non-hydrogen) atoms. The highest BCUT2D eigenvalue weighted by Gasteiger charge is 2.28. The van der Waals surface area contributed by atoms with Crippen LogP contribution in [0.5, 0.6) is 0 Å². The van der Waals surface area contributed by atoms with E-state index in [9.17, 15) is 18.0 Å². The molecule has 0 amide bonds. The van der Waals surface area contributed by atoms with Gasteiger partial charge in [0.05, 0.1) is 23.7 Å². The average molecular weight is 438 g/mol. The number of rotatable bonds is 6. The SMILES string of the molecule is Cc1ccc(C(=O)OCC(=O)c2ccc(Cl)cc2)cc1S(=O)(=O)N1CCOCC1. The van der Waals surface area contributed by atoms with E-state index in [0.29, 0.717) is 29.4 Å². The molecule has 154 valence electrons. The van der Waals surface area contributed by atoms with Crippen LogP contribution >= 0.6 is 11.6 Å². The number of esters is 1. The van der Waals surface area contributed by atoms with Gasteiger partial charge in [0.2, 0.25) is 10.0 Å². The van der Waals surface area contributed by atoms with Gasteiger partial charge < -0.3 is 9.47 Å². The topological polar surface area (TPSA) is 90.0 Å². The number of aryl methyl sites for hydroxylation is 1. The Kier molecular flexibility index (Phi) is 6.69. The van der Waals surface area contributed by atoms with Crippen LogP contribution in [0.4, 0.5) is 0 Å². The number of hydrogen-bond donors (Lipinski definition) is 0. The van der Waals surface area contributed by atoms with Gasteiger partial charge in [-0.05, 0) is 48.9 Å². The summed E-state index contributed by atoms with van der Waals surface area (Å²) in [5.74, 6) is -1.16. The van der Waals surface area contributed by atoms with Crippen LogP contribution in [0.15, 0.2) is 47.4 Å². The van der Waals surface area contributed by atoms with Crippen molar-refractivity contribution in [2.45, 2.75) is 11.8 Å². The number of carbonyl (C=O) groups is 2. The molecule has 0 N–H and O–H groups in total. The first-order valence-corrected chi connectivity index (χ1v) is 10.8. The smallest absolute Gasteiger partial charge is 0.338 e. The zero-order valence-corrected chi connectivity index (χ0v) is 17.3. The summed E-state index contributed by atoms with van der Waals surface area (Å²) in [6.45, 7) is 2.37. The zero-order chi connectivity index (χ0) is 21.0. The van der Waals surface area contributed by atoms with Crippen molar-refractivity contribution in [2.75, 3.05) is 32.9 Å². The number of hydrogen-bond acceptors (Lipinski definition) is 6. The molecule has 1 aliphatic heterocycles. The molecule has 2 aromatic carbocycles. The first kappa shape index (κ1) is 21.4. The molecule has 0 spiro atoms. The number of benzene rings is 2. The second-order valence-electron chi connectivity index (χ2n) is 6.50. The zero-order valence-electron chi connectivity index (χ0n) is 15.8. The van der Waals surface area contributed by atoms with E-state index in [0.717, 1.165) is 0 Å². The Labute approximate surface area is 174 Å². The molecular formula is C20H20ClNO6S. The van der Waals surface area contributed by atoms with Gasteiger partial charge in [0, 0.05) is 23.7 Å². The van der Waals surface area contributed by atoms with E-state index in [4.69, 9.17) is 21.1 Å². The van der Waals surface area contributed by atoms with Crippen molar-refractivity contribution in [3.05, 3.63) is 64.2 Å². The molecule has 0 radical (unpaired) electrons. The summed E-state index contributed by atoms with van der Waals surface area (Å²) >= 11 is 5.79. The highest BCUT2D eigenvalue weighted by Crippen LogP contribution is 2.23. The van der Waals surface area contributed by atoms with Gasteiger partial charge >= 0.3 is 5.97 Å². The second-order valence-corrected chi connectivity index (χ2v) is 8.85. The van der Waals surface area contributed by atoms with Crippen molar-refractivity contribution in [1.82, 2.24) is 4.31 Å². The average Bonchev–Trinajstić information content (AvgIpc) is 2.73. The summed E-state index contributed by atoms with van der Waals surface area (Å²) in [4.78, 5) is 24.6. The largest absolute Gasteiger partial charge is 0.454 e. The third-order valence-electron chi connectivity index (χ3n) is 4.51. The predicted octanol–water partition coefficient (Wildman–Crippen LogP) is 2.71. The van der Waals surface area contributed by atoms with Gasteiger partial charge in [0.15, 0.2) is 12.4 Å². The molecule has 9 heteroatoms.